The van der Waals surface area contributed by atoms with E-state index in [1.54, 1.807) is 0 Å². The van der Waals surface area contributed by atoms with Crippen molar-refractivity contribution in [2.24, 2.45) is 0 Å². The fraction of sp³-hybridized carbons (Fsp3) is 0.143. The van der Waals surface area contributed by atoms with Crippen LogP contribution in [0.2, 0.25) is 0 Å². The number of rotatable bonds is 0. The van der Waals surface area contributed by atoms with E-state index in [9.17, 15) is 0 Å². The lowest BCUT2D eigenvalue weighted by atomic mass is 9.96. The van der Waals surface area contributed by atoms with Crippen molar-refractivity contribution in [3.05, 3.63) is 41.2 Å². The predicted octanol–water partition coefficient (Wildman–Crippen LogP) is 2.77. The Morgan fingerprint density at radius 3 is 3.00 bits per heavy atom. The van der Waals surface area contributed by atoms with Crippen LogP contribution >= 0.6 is 0 Å². The highest BCUT2D eigenvalue weighted by molar-refractivity contribution is 6.11. The average molecular weight is 193 g/mol. The maximum atomic E-state index is 3.51. The maximum Gasteiger partial charge on any atom is 0.0470 e. The monoisotopic (exact) mass is 193 g/mol. The summed E-state index contributed by atoms with van der Waals surface area (Å²) < 4.78 is 0. The lowest BCUT2D eigenvalue weighted by Gasteiger charge is -2.07. The second-order valence-corrected chi connectivity index (χ2v) is 4.28. The molecule has 1 aliphatic rings. The van der Waals surface area contributed by atoms with E-state index in [2.05, 4.69) is 41.4 Å². The number of nitrogens with one attached hydrogen (secondary N) is 1. The SMILES string of the molecule is C1=c2[nH]c3cccc4ccc(c2c43)CC1. The highest BCUT2D eigenvalue weighted by Gasteiger charge is 2.12. The molecule has 1 heteroatoms. The summed E-state index contributed by atoms with van der Waals surface area (Å²) in [5.74, 6) is 0. The van der Waals surface area contributed by atoms with E-state index in [0.717, 1.165) is 6.42 Å². The van der Waals surface area contributed by atoms with Gasteiger partial charge in [0.2, 0.25) is 0 Å². The molecule has 0 radical (unpaired) electrons. The molecule has 0 saturated carbocycles. The lowest BCUT2D eigenvalue weighted by Crippen LogP contribution is -2.08. The fourth-order valence-corrected chi connectivity index (χ4v) is 2.78. The maximum absolute atomic E-state index is 3.51. The molecule has 0 saturated heterocycles. The first-order valence-corrected chi connectivity index (χ1v) is 5.46. The molecular formula is C14H11N. The molecule has 4 rings (SSSR count). The van der Waals surface area contributed by atoms with Gasteiger partial charge in [-0.15, -0.1) is 0 Å². The Hall–Kier alpha value is -1.76. The summed E-state index contributed by atoms with van der Waals surface area (Å²) in [6.07, 6.45) is 4.67. The molecule has 0 bridgehead atoms. The first kappa shape index (κ1) is 7.52. The molecule has 1 heterocycles. The van der Waals surface area contributed by atoms with Crippen LogP contribution in [0.1, 0.15) is 12.0 Å². The van der Waals surface area contributed by atoms with Crippen LogP contribution in [0.15, 0.2) is 30.3 Å². The molecule has 1 aromatic heterocycles. The zero-order valence-corrected chi connectivity index (χ0v) is 8.38. The van der Waals surface area contributed by atoms with Gasteiger partial charge in [0.05, 0.1) is 0 Å². The number of hydrogen-bond donors (Lipinski definition) is 1. The Labute approximate surface area is 87.4 Å². The topological polar surface area (TPSA) is 15.8 Å². The zero-order valence-electron chi connectivity index (χ0n) is 8.38. The summed E-state index contributed by atoms with van der Waals surface area (Å²) >= 11 is 0. The molecule has 1 N–H and O–H groups in total. The van der Waals surface area contributed by atoms with Crippen LogP contribution in [0, 0.1) is 0 Å². The van der Waals surface area contributed by atoms with Crippen molar-refractivity contribution in [2.45, 2.75) is 12.8 Å². The zero-order chi connectivity index (χ0) is 9.83. The first-order chi connectivity index (χ1) is 7.43. The molecule has 0 aliphatic heterocycles. The Morgan fingerprint density at radius 2 is 2.00 bits per heavy atom. The van der Waals surface area contributed by atoms with Gasteiger partial charge in [0.15, 0.2) is 0 Å². The molecule has 2 aromatic carbocycles. The minimum Gasteiger partial charge on any atom is -0.355 e. The van der Waals surface area contributed by atoms with Gasteiger partial charge in [0.1, 0.15) is 0 Å². The summed E-state index contributed by atoms with van der Waals surface area (Å²) in [7, 11) is 0. The van der Waals surface area contributed by atoms with Crippen molar-refractivity contribution in [2.75, 3.05) is 0 Å². The quantitative estimate of drug-likeness (QED) is 0.565. The van der Waals surface area contributed by atoms with Gasteiger partial charge in [-0.25, -0.2) is 0 Å². The summed E-state index contributed by atoms with van der Waals surface area (Å²) in [5, 5.41) is 5.54. The number of H-pyrrole nitrogens is 1. The second kappa shape index (κ2) is 2.43. The molecule has 0 fully saturated rings. The van der Waals surface area contributed by atoms with Gasteiger partial charge in [0, 0.05) is 21.6 Å². The Kier molecular flexibility index (Phi) is 1.22. The average Bonchev–Trinajstić information content (AvgIpc) is 2.66. The molecule has 3 aromatic rings. The predicted molar refractivity (Wildman–Crippen MR) is 63.8 cm³/mol. The highest BCUT2D eigenvalue weighted by Crippen LogP contribution is 2.28. The van der Waals surface area contributed by atoms with E-state index >= 15 is 0 Å². The van der Waals surface area contributed by atoms with Crippen LogP contribution in [0.5, 0.6) is 0 Å². The van der Waals surface area contributed by atoms with Crippen molar-refractivity contribution < 1.29 is 0 Å². The van der Waals surface area contributed by atoms with Crippen LogP contribution < -0.4 is 5.35 Å². The summed E-state index contributed by atoms with van der Waals surface area (Å²) in [6.45, 7) is 0. The number of aryl methyl sites for hydroxylation is 1. The summed E-state index contributed by atoms with van der Waals surface area (Å²) in [4.78, 5) is 3.51. The third-order valence-corrected chi connectivity index (χ3v) is 3.43. The Balaban J connectivity index is 2.47. The highest BCUT2D eigenvalue weighted by atomic mass is 14.7. The van der Waals surface area contributed by atoms with Crippen molar-refractivity contribution >= 4 is 27.8 Å². The van der Waals surface area contributed by atoms with E-state index in [1.807, 2.05) is 0 Å². The van der Waals surface area contributed by atoms with Crippen molar-refractivity contribution in [3.63, 3.8) is 0 Å². The molecule has 0 unspecified atom stereocenters. The molecular weight excluding hydrogens is 182 g/mol. The lowest BCUT2D eigenvalue weighted by molar-refractivity contribution is 1.03. The minimum absolute atomic E-state index is 1.16. The number of hydrogen-bond acceptors (Lipinski definition) is 0. The van der Waals surface area contributed by atoms with Crippen LogP contribution in [0.25, 0.3) is 27.8 Å². The van der Waals surface area contributed by atoms with Crippen molar-refractivity contribution in [1.82, 2.24) is 4.98 Å². The minimum atomic E-state index is 1.16. The molecule has 72 valence electrons. The van der Waals surface area contributed by atoms with E-state index in [-0.39, 0.29) is 0 Å². The van der Waals surface area contributed by atoms with E-state index < -0.39 is 0 Å². The van der Waals surface area contributed by atoms with Crippen LogP contribution in [-0.2, 0) is 6.42 Å². The standard InChI is InChI=1S/C14H11N/c1-3-9-7-8-10-4-2-6-12-14(10)13(9)11(5-1)15-12/h1,3,5-8,15H,2,4H2. The Morgan fingerprint density at radius 1 is 1.00 bits per heavy atom. The van der Waals surface area contributed by atoms with E-state index in [4.69, 9.17) is 0 Å². The Bertz CT molecular complexity index is 719. The molecule has 0 spiro atoms. The van der Waals surface area contributed by atoms with Crippen molar-refractivity contribution in [1.29, 1.82) is 0 Å². The van der Waals surface area contributed by atoms with Gasteiger partial charge in [-0.3, -0.25) is 0 Å². The summed E-state index contributed by atoms with van der Waals surface area (Å²) in [6, 6.07) is 11.0. The van der Waals surface area contributed by atoms with Crippen molar-refractivity contribution in [3.8, 4) is 0 Å². The van der Waals surface area contributed by atoms with Crippen LogP contribution in [0.4, 0.5) is 0 Å². The van der Waals surface area contributed by atoms with Gasteiger partial charge in [-0.2, -0.15) is 0 Å². The van der Waals surface area contributed by atoms with Gasteiger partial charge in [-0.1, -0.05) is 30.3 Å². The molecule has 0 atom stereocenters. The number of benzene rings is 2. The van der Waals surface area contributed by atoms with Gasteiger partial charge >= 0.3 is 0 Å². The molecule has 1 aliphatic carbocycles. The third-order valence-electron chi connectivity index (χ3n) is 3.43. The molecule has 15 heavy (non-hydrogen) atoms. The second-order valence-electron chi connectivity index (χ2n) is 4.28. The molecule has 1 nitrogen and oxygen atoms in total. The van der Waals surface area contributed by atoms with Gasteiger partial charge in [0.25, 0.3) is 0 Å². The van der Waals surface area contributed by atoms with Crippen LogP contribution in [0.3, 0.4) is 0 Å². The largest absolute Gasteiger partial charge is 0.355 e. The third kappa shape index (κ3) is 0.834. The van der Waals surface area contributed by atoms with E-state index in [1.165, 1.54) is 39.0 Å². The first-order valence-electron chi connectivity index (χ1n) is 5.46. The summed E-state index contributed by atoms with van der Waals surface area (Å²) in [5.41, 5.74) is 2.77. The smallest absolute Gasteiger partial charge is 0.0470 e. The number of aromatic nitrogens is 1. The normalized spacial score (nSPS) is 14.7. The van der Waals surface area contributed by atoms with Gasteiger partial charge in [-0.05, 0) is 29.9 Å². The van der Waals surface area contributed by atoms with Crippen LogP contribution in [-0.4, -0.2) is 4.98 Å². The number of aromatic amines is 1. The van der Waals surface area contributed by atoms with E-state index in [0.29, 0.717) is 0 Å². The fourth-order valence-electron chi connectivity index (χ4n) is 2.78. The van der Waals surface area contributed by atoms with Gasteiger partial charge < -0.3 is 4.98 Å². The molecule has 0 amide bonds.